The van der Waals surface area contributed by atoms with Gasteiger partial charge in [0.15, 0.2) is 0 Å². The van der Waals surface area contributed by atoms with Crippen LogP contribution in [0.1, 0.15) is 24.5 Å². The van der Waals surface area contributed by atoms with Crippen molar-refractivity contribution in [1.29, 1.82) is 0 Å². The zero-order valence-corrected chi connectivity index (χ0v) is 13.0. The predicted molar refractivity (Wildman–Crippen MR) is 79.3 cm³/mol. The van der Waals surface area contributed by atoms with Crippen LogP contribution >= 0.6 is 0 Å². The zero-order chi connectivity index (χ0) is 15.5. The monoisotopic (exact) mass is 309 g/mol. The highest BCUT2D eigenvalue weighted by Gasteiger charge is 2.35. The summed E-state index contributed by atoms with van der Waals surface area (Å²) in [6.45, 7) is 4.27. The molecule has 1 aliphatic heterocycles. The summed E-state index contributed by atoms with van der Waals surface area (Å²) < 4.78 is 33.2. The molecule has 0 aliphatic carbocycles. The van der Waals surface area contributed by atoms with Gasteiger partial charge in [0, 0.05) is 12.2 Å². The summed E-state index contributed by atoms with van der Waals surface area (Å²) in [6, 6.07) is 4.97. The first kappa shape index (κ1) is 16.0. The van der Waals surface area contributed by atoms with Crippen molar-refractivity contribution in [3.8, 4) is 11.8 Å². The highest BCUT2D eigenvalue weighted by Crippen LogP contribution is 2.23. The fourth-order valence-electron chi connectivity index (χ4n) is 2.24. The molecule has 1 unspecified atom stereocenters. The number of hydrogen-bond donors (Lipinski definition) is 2. The van der Waals surface area contributed by atoms with Gasteiger partial charge in [0.1, 0.15) is 6.61 Å². The van der Waals surface area contributed by atoms with Crippen molar-refractivity contribution in [1.82, 2.24) is 4.72 Å². The highest BCUT2D eigenvalue weighted by molar-refractivity contribution is 7.89. The van der Waals surface area contributed by atoms with Crippen molar-refractivity contribution in [3.63, 3.8) is 0 Å². The van der Waals surface area contributed by atoms with E-state index >= 15 is 0 Å². The molecule has 0 radical (unpaired) electrons. The smallest absolute Gasteiger partial charge is 0.242 e. The van der Waals surface area contributed by atoms with Crippen molar-refractivity contribution in [2.45, 2.75) is 30.7 Å². The zero-order valence-electron chi connectivity index (χ0n) is 12.1. The Balaban J connectivity index is 2.39. The van der Waals surface area contributed by atoms with Gasteiger partial charge in [-0.15, -0.1) is 0 Å². The van der Waals surface area contributed by atoms with Gasteiger partial charge in [0.2, 0.25) is 10.0 Å². The van der Waals surface area contributed by atoms with Gasteiger partial charge < -0.3 is 9.84 Å². The fraction of sp³-hybridized carbons (Fsp3) is 0.467. The van der Waals surface area contributed by atoms with E-state index in [4.69, 9.17) is 9.84 Å². The number of nitrogens with one attached hydrogen (secondary N) is 1. The molecular formula is C15H19NO4S. The summed E-state index contributed by atoms with van der Waals surface area (Å²) in [6.07, 6.45) is 0.635. The lowest BCUT2D eigenvalue weighted by Gasteiger charge is -2.23. The third-order valence-electron chi connectivity index (χ3n) is 3.33. The maximum atomic E-state index is 12.6. The Hall–Kier alpha value is -1.39. The van der Waals surface area contributed by atoms with Crippen LogP contribution in [0.15, 0.2) is 23.1 Å². The van der Waals surface area contributed by atoms with E-state index in [-0.39, 0.29) is 11.5 Å². The molecule has 1 aromatic rings. The second kappa shape index (κ2) is 6.16. The minimum absolute atomic E-state index is 0.127. The predicted octanol–water partition coefficient (Wildman–Crippen LogP) is 0.796. The molecule has 2 rings (SSSR count). The van der Waals surface area contributed by atoms with Gasteiger partial charge in [-0.2, -0.15) is 0 Å². The Bertz CT molecular complexity index is 679. The van der Waals surface area contributed by atoms with E-state index in [0.29, 0.717) is 25.2 Å². The standard InChI is InChI=1S/C15H19NO4S/c1-12-5-6-14(13(10-12)4-3-8-17)21(18,19)16-15(2)7-9-20-11-15/h5-6,10,16-17H,7-9,11H2,1-2H3. The molecule has 2 N–H and O–H groups in total. The molecule has 114 valence electrons. The highest BCUT2D eigenvalue weighted by atomic mass is 32.2. The van der Waals surface area contributed by atoms with Crippen LogP contribution in [-0.2, 0) is 14.8 Å². The molecule has 0 spiro atoms. The minimum atomic E-state index is -3.69. The lowest BCUT2D eigenvalue weighted by molar-refractivity contribution is 0.178. The molecule has 1 atom stereocenters. The fourth-order valence-corrected chi connectivity index (χ4v) is 3.80. The summed E-state index contributed by atoms with van der Waals surface area (Å²) in [5.41, 5.74) is 0.705. The van der Waals surface area contributed by atoms with Crippen LogP contribution in [-0.4, -0.2) is 38.9 Å². The van der Waals surface area contributed by atoms with Crippen LogP contribution < -0.4 is 4.72 Å². The second-order valence-corrected chi connectivity index (χ2v) is 7.08. The van der Waals surface area contributed by atoms with Gasteiger partial charge in [-0.25, -0.2) is 13.1 Å². The van der Waals surface area contributed by atoms with Crippen LogP contribution in [0.2, 0.25) is 0 Å². The average Bonchev–Trinajstić information content (AvgIpc) is 2.81. The van der Waals surface area contributed by atoms with Gasteiger partial charge in [0.25, 0.3) is 0 Å². The largest absolute Gasteiger partial charge is 0.384 e. The number of benzene rings is 1. The summed E-state index contributed by atoms with van der Waals surface area (Å²) in [4.78, 5) is 0.127. The third kappa shape index (κ3) is 3.83. The molecule has 1 aliphatic rings. The average molecular weight is 309 g/mol. The van der Waals surface area contributed by atoms with Crippen LogP contribution in [0, 0.1) is 18.8 Å². The summed E-state index contributed by atoms with van der Waals surface area (Å²) in [5, 5.41) is 8.81. The van der Waals surface area contributed by atoms with E-state index in [2.05, 4.69) is 16.6 Å². The summed E-state index contributed by atoms with van der Waals surface area (Å²) in [5.74, 6) is 5.19. The first-order valence-electron chi connectivity index (χ1n) is 6.68. The molecule has 0 bridgehead atoms. The lowest BCUT2D eigenvalue weighted by Crippen LogP contribution is -2.46. The normalized spacial score (nSPS) is 21.9. The van der Waals surface area contributed by atoms with E-state index in [1.165, 1.54) is 6.07 Å². The number of hydrogen-bond acceptors (Lipinski definition) is 4. The molecule has 0 aromatic heterocycles. The molecule has 1 saturated heterocycles. The Morgan fingerprint density at radius 3 is 2.86 bits per heavy atom. The Labute approximate surface area is 125 Å². The molecule has 0 amide bonds. The topological polar surface area (TPSA) is 75.6 Å². The number of aryl methyl sites for hydroxylation is 1. The SMILES string of the molecule is Cc1ccc(S(=O)(=O)NC2(C)CCOC2)c(C#CCO)c1. The Morgan fingerprint density at radius 2 is 2.24 bits per heavy atom. The van der Waals surface area contributed by atoms with Crippen LogP contribution in [0.5, 0.6) is 0 Å². The minimum Gasteiger partial charge on any atom is -0.384 e. The molecule has 0 saturated carbocycles. The van der Waals surface area contributed by atoms with Gasteiger partial charge in [-0.1, -0.05) is 17.9 Å². The Kier molecular flexibility index (Phi) is 4.69. The quantitative estimate of drug-likeness (QED) is 0.810. The molecule has 21 heavy (non-hydrogen) atoms. The van der Waals surface area contributed by atoms with E-state index in [0.717, 1.165) is 5.56 Å². The first-order chi connectivity index (χ1) is 9.86. The van der Waals surface area contributed by atoms with Crippen molar-refractivity contribution in [3.05, 3.63) is 29.3 Å². The molecule has 5 nitrogen and oxygen atoms in total. The van der Waals surface area contributed by atoms with Crippen molar-refractivity contribution >= 4 is 10.0 Å². The molecule has 6 heteroatoms. The van der Waals surface area contributed by atoms with Crippen LogP contribution in [0.4, 0.5) is 0 Å². The van der Waals surface area contributed by atoms with E-state index < -0.39 is 15.6 Å². The van der Waals surface area contributed by atoms with Crippen LogP contribution in [0.25, 0.3) is 0 Å². The number of rotatable bonds is 3. The van der Waals surface area contributed by atoms with E-state index in [1.807, 2.05) is 13.8 Å². The number of sulfonamides is 1. The van der Waals surface area contributed by atoms with Gasteiger partial charge in [-0.3, -0.25) is 0 Å². The van der Waals surface area contributed by atoms with Gasteiger partial charge >= 0.3 is 0 Å². The van der Waals surface area contributed by atoms with Gasteiger partial charge in [-0.05, 0) is 38.0 Å². The Morgan fingerprint density at radius 1 is 1.48 bits per heavy atom. The van der Waals surface area contributed by atoms with E-state index in [9.17, 15) is 8.42 Å². The molecular weight excluding hydrogens is 290 g/mol. The molecule has 1 heterocycles. The van der Waals surface area contributed by atoms with Crippen molar-refractivity contribution in [2.75, 3.05) is 19.8 Å². The third-order valence-corrected chi connectivity index (χ3v) is 5.02. The number of aliphatic hydroxyl groups excluding tert-OH is 1. The number of aliphatic hydroxyl groups is 1. The summed E-state index contributed by atoms with van der Waals surface area (Å²) >= 11 is 0. The van der Waals surface area contributed by atoms with Crippen molar-refractivity contribution in [2.24, 2.45) is 0 Å². The lowest BCUT2D eigenvalue weighted by atomic mass is 10.0. The van der Waals surface area contributed by atoms with Crippen molar-refractivity contribution < 1.29 is 18.3 Å². The maximum absolute atomic E-state index is 12.6. The summed E-state index contributed by atoms with van der Waals surface area (Å²) in [7, 11) is -3.69. The van der Waals surface area contributed by atoms with Gasteiger partial charge in [0.05, 0.1) is 17.0 Å². The second-order valence-electron chi connectivity index (χ2n) is 5.43. The maximum Gasteiger partial charge on any atom is 0.242 e. The molecule has 1 aromatic carbocycles. The number of ether oxygens (including phenoxy) is 1. The van der Waals surface area contributed by atoms with E-state index in [1.54, 1.807) is 12.1 Å². The van der Waals surface area contributed by atoms with Crippen LogP contribution in [0.3, 0.4) is 0 Å². The first-order valence-corrected chi connectivity index (χ1v) is 8.17. The molecule has 1 fully saturated rings.